The van der Waals surface area contributed by atoms with Gasteiger partial charge in [-0.3, -0.25) is 4.98 Å². The Labute approximate surface area is 319 Å². The lowest BCUT2D eigenvalue weighted by molar-refractivity contribution is -0.113. The third kappa shape index (κ3) is 9.95. The molecule has 0 unspecified atom stereocenters. The fraction of sp³-hybridized carbons (Fsp3) is 0.500. The summed E-state index contributed by atoms with van der Waals surface area (Å²) in [5, 5.41) is 53.5. The molecule has 6 rings (SSSR count). The number of rotatable bonds is 17. The van der Waals surface area contributed by atoms with Gasteiger partial charge in [-0.2, -0.15) is 12.8 Å². The summed E-state index contributed by atoms with van der Waals surface area (Å²) in [6.45, 7) is -1.13. The molecule has 1 heterocycles. The molecule has 0 spiro atoms. The van der Waals surface area contributed by atoms with Crippen LogP contribution in [0.2, 0.25) is 5.02 Å². The topological polar surface area (TPSA) is 220 Å². The van der Waals surface area contributed by atoms with Gasteiger partial charge in [-0.1, -0.05) is 29.8 Å². The van der Waals surface area contributed by atoms with Gasteiger partial charge in [0.05, 0.1) is 35.9 Å². The molecule has 16 heteroatoms. The van der Waals surface area contributed by atoms with Crippen LogP contribution in [0.4, 0.5) is 4.79 Å². The number of para-hydroxylation sites is 1. The second-order valence-electron chi connectivity index (χ2n) is 14.3. The zero-order chi connectivity index (χ0) is 38.5. The smallest absolute Gasteiger partial charge is 0.315 e. The molecular weight excluding hydrogens is 740 g/mol. The van der Waals surface area contributed by atoms with Gasteiger partial charge >= 0.3 is 6.03 Å². The van der Waals surface area contributed by atoms with Gasteiger partial charge in [-0.05, 0) is 98.7 Å². The third-order valence-electron chi connectivity index (χ3n) is 10.1. The number of ether oxygens (including phenoxy) is 2. The van der Waals surface area contributed by atoms with Gasteiger partial charge < -0.3 is 45.6 Å². The lowest BCUT2D eigenvalue weighted by atomic mass is 9.87. The van der Waals surface area contributed by atoms with Crippen molar-refractivity contribution < 1.29 is 48.2 Å². The number of aliphatic hydroxyl groups is 5. The largest absolute Gasteiger partial charge is 0.490 e. The molecular formula is C38H47ClN4O10S. The highest BCUT2D eigenvalue weighted by Gasteiger charge is 2.48. The number of nitrogens with one attached hydrogen (secondary N) is 2. The van der Waals surface area contributed by atoms with E-state index in [1.165, 1.54) is 24.4 Å². The van der Waals surface area contributed by atoms with Crippen molar-refractivity contribution in [3.8, 4) is 16.9 Å². The third-order valence-corrected chi connectivity index (χ3v) is 11.8. The number of aromatic nitrogens is 1. The van der Waals surface area contributed by atoms with E-state index in [4.69, 9.17) is 26.2 Å². The summed E-state index contributed by atoms with van der Waals surface area (Å²) in [7, 11) is -4.05. The summed E-state index contributed by atoms with van der Waals surface area (Å²) in [6, 6.07) is 13.6. The lowest BCUT2D eigenvalue weighted by Crippen LogP contribution is -2.51. The van der Waals surface area contributed by atoms with Crippen LogP contribution in [0.3, 0.4) is 0 Å². The van der Waals surface area contributed by atoms with Gasteiger partial charge in [0, 0.05) is 47.3 Å². The molecule has 54 heavy (non-hydrogen) atoms. The number of amides is 2. The molecule has 3 saturated carbocycles. The maximum Gasteiger partial charge on any atom is 0.315 e. The average molecular weight is 787 g/mol. The second-order valence-corrected chi connectivity index (χ2v) is 16.3. The van der Waals surface area contributed by atoms with E-state index >= 15 is 0 Å². The van der Waals surface area contributed by atoms with Gasteiger partial charge in [0.2, 0.25) is 0 Å². The van der Waals surface area contributed by atoms with Crippen LogP contribution in [0.25, 0.3) is 11.1 Å². The van der Waals surface area contributed by atoms with Gasteiger partial charge in [-0.15, -0.1) is 0 Å². The zero-order valence-electron chi connectivity index (χ0n) is 29.6. The van der Waals surface area contributed by atoms with E-state index in [0.29, 0.717) is 36.3 Å². The first-order valence-corrected chi connectivity index (χ1v) is 20.0. The van der Waals surface area contributed by atoms with Crippen LogP contribution in [0.15, 0.2) is 70.2 Å². The number of urea groups is 1. The summed E-state index contributed by atoms with van der Waals surface area (Å²) < 4.78 is 43.4. The van der Waals surface area contributed by atoms with E-state index in [1.54, 1.807) is 6.20 Å². The molecule has 3 aliphatic carbocycles. The maximum absolute atomic E-state index is 13.3. The molecule has 4 atom stereocenters. The Morgan fingerprint density at radius 3 is 2.41 bits per heavy atom. The number of halogens is 1. The Bertz CT molecular complexity index is 1900. The van der Waals surface area contributed by atoms with Gasteiger partial charge in [0.25, 0.3) is 10.0 Å². The summed E-state index contributed by atoms with van der Waals surface area (Å²) in [6.07, 6.45) is 4.36. The maximum atomic E-state index is 13.3. The molecule has 1 aromatic heterocycles. The molecule has 3 aliphatic rings. The minimum absolute atomic E-state index is 0.00228. The Morgan fingerprint density at radius 1 is 0.981 bits per heavy atom. The van der Waals surface area contributed by atoms with Crippen LogP contribution in [0.5, 0.6) is 5.75 Å². The number of benzene rings is 2. The minimum Gasteiger partial charge on any atom is -0.490 e. The van der Waals surface area contributed by atoms with Crippen LogP contribution in [-0.2, 0) is 27.0 Å². The lowest BCUT2D eigenvalue weighted by Gasteiger charge is -2.28. The molecule has 2 amide bonds. The molecule has 0 radical (unpaired) electrons. The van der Waals surface area contributed by atoms with E-state index in [-0.39, 0.29) is 29.6 Å². The first kappa shape index (κ1) is 40.0. The number of carbonyl (C=O) groups is 1. The van der Waals surface area contributed by atoms with Crippen molar-refractivity contribution in [1.29, 1.82) is 0 Å². The molecule has 14 nitrogen and oxygen atoms in total. The van der Waals surface area contributed by atoms with Crippen LogP contribution < -0.4 is 15.4 Å². The highest BCUT2D eigenvalue weighted by atomic mass is 35.5. The van der Waals surface area contributed by atoms with Crippen molar-refractivity contribution in [2.75, 3.05) is 13.2 Å². The summed E-state index contributed by atoms with van der Waals surface area (Å²) in [5.41, 5.74) is 2.82. The Hall–Kier alpha value is -3.67. The Morgan fingerprint density at radius 2 is 1.70 bits per heavy atom. The average Bonchev–Trinajstić information content (AvgIpc) is 4.13. The second kappa shape index (κ2) is 17.4. The fourth-order valence-electron chi connectivity index (χ4n) is 6.55. The summed E-state index contributed by atoms with van der Waals surface area (Å²) >= 11 is 6.54. The van der Waals surface area contributed by atoms with Crippen LogP contribution in [0.1, 0.15) is 62.5 Å². The predicted octanol–water partition coefficient (Wildman–Crippen LogP) is 3.20. The highest BCUT2D eigenvalue weighted by Crippen LogP contribution is 2.53. The molecule has 0 aliphatic heterocycles. The quantitative estimate of drug-likeness (QED) is 0.0986. The van der Waals surface area contributed by atoms with Gasteiger partial charge in [0.15, 0.2) is 0 Å². The fourth-order valence-corrected chi connectivity index (χ4v) is 7.71. The zero-order valence-corrected chi connectivity index (χ0v) is 31.2. The van der Waals surface area contributed by atoms with E-state index in [0.717, 1.165) is 48.1 Å². The number of hydrogen-bond donors (Lipinski definition) is 7. The summed E-state index contributed by atoms with van der Waals surface area (Å²) in [5.74, 6) is 0.695. The molecule has 7 N–H and O–H groups in total. The normalized spacial score (nSPS) is 21.9. The molecule has 0 bridgehead atoms. The van der Waals surface area contributed by atoms with Gasteiger partial charge in [-0.25, -0.2) is 4.79 Å². The van der Waals surface area contributed by atoms with Crippen LogP contribution in [0, 0.1) is 5.92 Å². The molecule has 0 saturated heterocycles. The molecule has 3 fully saturated rings. The van der Waals surface area contributed by atoms with Crippen molar-refractivity contribution in [3.63, 3.8) is 0 Å². The molecule has 2 aromatic carbocycles. The number of nitrogens with zero attached hydrogens (tertiary/aromatic N) is 2. The number of carbonyl (C=O) groups excluding carboxylic acids is 1. The highest BCUT2D eigenvalue weighted by molar-refractivity contribution is 7.90. The minimum atomic E-state index is -4.05. The van der Waals surface area contributed by atoms with Gasteiger partial charge in [0.1, 0.15) is 24.1 Å². The van der Waals surface area contributed by atoms with Crippen LogP contribution in [-0.4, -0.2) is 101 Å². The monoisotopic (exact) mass is 786 g/mol. The first-order chi connectivity index (χ1) is 25.9. The standard InChI is InChI=1S/C38H47ClN4O10S/c39-31-12-11-27(54(50,51)42-18-23-5-7-25(8-6-23)43-37(49)41-20-32(45)35(47)36(48)33(46)21-44)17-24(31)22-52-38(14-15-38)30-19-40-16-13-28(30)29-3-1-2-4-34(29)53-26-9-10-26/h1-4,11-13,16-19,23,25-26,32-33,35-36,44-48H,5-10,14-15,20-22H2,(H2,41,43,49)/t23?,25?,32-,33+,35+,36+/m0/s1. The SMILES string of the molecule is O=C(NC[C@H](O)[C@@H](O)[C@H](O)[C@H](O)CO)NC1CCC(C=NS(=O)(=O)c2ccc(Cl)c(COC3(c4cnccc4-c4ccccc4OC4CC4)CC3)c2)CC1. The van der Waals surface area contributed by atoms with Crippen molar-refractivity contribution in [1.82, 2.24) is 15.6 Å². The number of hydrogen-bond acceptors (Lipinski definition) is 11. The van der Waals surface area contributed by atoms with Crippen molar-refractivity contribution >= 4 is 33.9 Å². The van der Waals surface area contributed by atoms with Crippen molar-refractivity contribution in [2.45, 2.75) is 105 Å². The number of pyridine rings is 1. The molecule has 3 aromatic rings. The van der Waals surface area contributed by atoms with Crippen molar-refractivity contribution in [2.24, 2.45) is 10.3 Å². The Kier molecular flexibility index (Phi) is 12.9. The van der Waals surface area contributed by atoms with Crippen molar-refractivity contribution in [3.05, 3.63) is 77.1 Å². The van der Waals surface area contributed by atoms with E-state index in [9.17, 15) is 33.6 Å². The van der Waals surface area contributed by atoms with E-state index < -0.39 is 59.2 Å². The first-order valence-electron chi connectivity index (χ1n) is 18.2. The van der Waals surface area contributed by atoms with E-state index in [2.05, 4.69) is 20.0 Å². The van der Waals surface area contributed by atoms with Crippen LogP contribution >= 0.6 is 11.6 Å². The summed E-state index contributed by atoms with van der Waals surface area (Å²) in [4.78, 5) is 16.7. The Balaban J connectivity index is 1.02. The predicted molar refractivity (Wildman–Crippen MR) is 200 cm³/mol. The number of sulfonamides is 1. The molecule has 292 valence electrons. The van der Waals surface area contributed by atoms with E-state index in [1.807, 2.05) is 36.5 Å². The number of aliphatic hydroxyl groups excluding tert-OH is 5.